The van der Waals surface area contributed by atoms with Crippen molar-refractivity contribution in [1.82, 2.24) is 0 Å². The van der Waals surface area contributed by atoms with Crippen LogP contribution in [-0.4, -0.2) is 4.86 Å². The molecule has 2 aromatic carbocycles. The lowest BCUT2D eigenvalue weighted by Gasteiger charge is -2.04. The Hall–Kier alpha value is -2.56. The molecule has 98 valence electrons. The molecule has 0 amide bonds. The second kappa shape index (κ2) is 4.97. The van der Waals surface area contributed by atoms with E-state index in [2.05, 4.69) is 5.11 Å². The second-order valence-corrected chi connectivity index (χ2v) is 4.45. The molecule has 0 saturated heterocycles. The van der Waals surface area contributed by atoms with Gasteiger partial charge in [0.25, 0.3) is 0 Å². The molecule has 4 N–H and O–H groups in total. The van der Waals surface area contributed by atoms with Gasteiger partial charge in [0, 0.05) is 28.6 Å². The van der Waals surface area contributed by atoms with Crippen LogP contribution in [0.15, 0.2) is 41.5 Å². The summed E-state index contributed by atoms with van der Waals surface area (Å²) in [5, 5.41) is 15.9. The molecule has 19 heavy (non-hydrogen) atoms. The summed E-state index contributed by atoms with van der Waals surface area (Å²) >= 11 is 0. The van der Waals surface area contributed by atoms with E-state index < -0.39 is 0 Å². The zero-order valence-corrected chi connectivity index (χ0v) is 10.9. The highest BCUT2D eigenvalue weighted by Crippen LogP contribution is 2.24. The maximum absolute atomic E-state index is 11.9. The predicted molar refractivity (Wildman–Crippen MR) is 76.6 cm³/mol. The van der Waals surface area contributed by atoms with E-state index in [1.807, 2.05) is 19.9 Å². The molecule has 0 aromatic heterocycles. The van der Waals surface area contributed by atoms with E-state index in [4.69, 9.17) is 11.5 Å². The molecule has 0 spiro atoms. The van der Waals surface area contributed by atoms with E-state index >= 15 is 0 Å². The normalized spacial score (nSPS) is 11.6. The third-order valence-electron chi connectivity index (χ3n) is 2.95. The Morgan fingerprint density at radius 3 is 2.11 bits per heavy atom. The molecule has 0 bridgehead atoms. The topological polar surface area (TPSA) is 90.5 Å². The van der Waals surface area contributed by atoms with Crippen molar-refractivity contribution in [2.75, 3.05) is 11.5 Å². The van der Waals surface area contributed by atoms with Gasteiger partial charge in [0.1, 0.15) is 5.69 Å². The van der Waals surface area contributed by atoms with Crippen molar-refractivity contribution in [3.63, 3.8) is 0 Å². The minimum absolute atomic E-state index is 0.391. The molecule has 5 nitrogen and oxygen atoms in total. The SMILES string of the molecule is Cc1ccc(N=[N+]([O-])c2ccc(C)c(N)c2)cc1N. The highest BCUT2D eigenvalue weighted by Gasteiger charge is 2.06. The molecular formula is C14H16N4O. The van der Waals surface area contributed by atoms with Gasteiger partial charge in [-0.15, -0.1) is 0 Å². The first-order chi connectivity index (χ1) is 8.97. The van der Waals surface area contributed by atoms with Gasteiger partial charge in [0.05, 0.1) is 0 Å². The summed E-state index contributed by atoms with van der Waals surface area (Å²) in [7, 11) is 0. The molecule has 0 fully saturated rings. The van der Waals surface area contributed by atoms with Crippen LogP contribution >= 0.6 is 0 Å². The van der Waals surface area contributed by atoms with Crippen molar-refractivity contribution in [2.45, 2.75) is 13.8 Å². The van der Waals surface area contributed by atoms with E-state index in [0.717, 1.165) is 11.1 Å². The van der Waals surface area contributed by atoms with Crippen molar-refractivity contribution in [2.24, 2.45) is 5.11 Å². The van der Waals surface area contributed by atoms with Gasteiger partial charge in [-0.05, 0) is 37.1 Å². The number of hydrogen-bond acceptors (Lipinski definition) is 4. The second-order valence-electron chi connectivity index (χ2n) is 4.45. The van der Waals surface area contributed by atoms with Crippen molar-refractivity contribution < 1.29 is 4.86 Å². The standard InChI is InChI=1S/C14H16N4O/c1-9-3-5-11(7-13(9)15)17-18(19)12-6-4-10(2)14(16)8-12/h3-8H,15-16H2,1-2H3. The maximum Gasteiger partial charge on any atom is 0.246 e. The number of nitrogens with two attached hydrogens (primary N) is 2. The van der Waals surface area contributed by atoms with Gasteiger partial charge in [0.2, 0.25) is 5.69 Å². The Balaban J connectivity index is 2.36. The van der Waals surface area contributed by atoms with Crippen LogP contribution in [0.4, 0.5) is 22.7 Å². The number of azo groups is 1. The van der Waals surface area contributed by atoms with E-state index in [1.165, 1.54) is 0 Å². The Labute approximate surface area is 111 Å². The summed E-state index contributed by atoms with van der Waals surface area (Å²) in [4.78, 5) is 0.542. The minimum atomic E-state index is 0.391. The molecule has 0 saturated carbocycles. The quantitative estimate of drug-likeness (QED) is 0.373. The van der Waals surface area contributed by atoms with Crippen LogP contribution in [0.2, 0.25) is 0 Å². The number of anilines is 2. The molecule has 0 aliphatic carbocycles. The van der Waals surface area contributed by atoms with Gasteiger partial charge in [-0.1, -0.05) is 17.0 Å². The van der Waals surface area contributed by atoms with Gasteiger partial charge in [0.15, 0.2) is 0 Å². The van der Waals surface area contributed by atoms with Crippen molar-refractivity contribution >= 4 is 22.7 Å². The summed E-state index contributed by atoms with van der Waals surface area (Å²) in [6.07, 6.45) is 0. The highest BCUT2D eigenvalue weighted by molar-refractivity contribution is 5.56. The third-order valence-corrected chi connectivity index (χ3v) is 2.95. The zero-order chi connectivity index (χ0) is 14.0. The van der Waals surface area contributed by atoms with Crippen LogP contribution < -0.4 is 11.5 Å². The molecule has 0 aliphatic rings. The van der Waals surface area contributed by atoms with Crippen LogP contribution in [-0.2, 0) is 0 Å². The first-order valence-corrected chi connectivity index (χ1v) is 5.88. The first-order valence-electron chi connectivity index (χ1n) is 5.88. The Morgan fingerprint density at radius 1 is 0.947 bits per heavy atom. The van der Waals surface area contributed by atoms with Crippen LogP contribution in [0.3, 0.4) is 0 Å². The van der Waals surface area contributed by atoms with Crippen LogP contribution in [0.1, 0.15) is 11.1 Å². The van der Waals surface area contributed by atoms with Crippen LogP contribution in [0.5, 0.6) is 0 Å². The molecule has 0 unspecified atom stereocenters. The fraction of sp³-hybridized carbons (Fsp3) is 0.143. The molecule has 0 radical (unpaired) electrons. The molecule has 0 heterocycles. The predicted octanol–water partition coefficient (Wildman–Crippen LogP) is 3.39. The van der Waals surface area contributed by atoms with Gasteiger partial charge in [-0.3, -0.25) is 0 Å². The lowest BCUT2D eigenvalue weighted by atomic mass is 10.2. The Bertz CT molecular complexity index is 650. The molecule has 0 atom stereocenters. The van der Waals surface area contributed by atoms with Crippen LogP contribution in [0, 0.1) is 19.1 Å². The van der Waals surface area contributed by atoms with Crippen molar-refractivity contribution in [3.05, 3.63) is 52.7 Å². The van der Waals surface area contributed by atoms with E-state index in [0.29, 0.717) is 27.6 Å². The average Bonchev–Trinajstić information content (AvgIpc) is 2.37. The van der Waals surface area contributed by atoms with Gasteiger partial charge >= 0.3 is 0 Å². The van der Waals surface area contributed by atoms with E-state index in [-0.39, 0.29) is 0 Å². The molecule has 2 aromatic rings. The third kappa shape index (κ3) is 2.82. The Kier molecular flexibility index (Phi) is 3.37. The number of nitrogen functional groups attached to an aromatic ring is 2. The maximum atomic E-state index is 11.9. The lowest BCUT2D eigenvalue weighted by Crippen LogP contribution is -1.95. The summed E-state index contributed by atoms with van der Waals surface area (Å²) in [6, 6.07) is 10.3. The minimum Gasteiger partial charge on any atom is -0.594 e. The molecule has 5 heteroatoms. The molecule has 2 rings (SSSR count). The summed E-state index contributed by atoms with van der Waals surface area (Å²) in [5.74, 6) is 0. The number of hydrogen-bond donors (Lipinski definition) is 2. The van der Waals surface area contributed by atoms with Crippen LogP contribution in [0.25, 0.3) is 0 Å². The average molecular weight is 256 g/mol. The highest BCUT2D eigenvalue weighted by atomic mass is 16.5. The monoisotopic (exact) mass is 256 g/mol. The van der Waals surface area contributed by atoms with Gasteiger partial charge < -0.3 is 16.7 Å². The van der Waals surface area contributed by atoms with E-state index in [9.17, 15) is 5.21 Å². The summed E-state index contributed by atoms with van der Waals surface area (Å²) in [6.45, 7) is 3.78. The number of rotatable bonds is 2. The van der Waals surface area contributed by atoms with Crippen molar-refractivity contribution in [1.29, 1.82) is 0 Å². The zero-order valence-electron chi connectivity index (χ0n) is 10.9. The van der Waals surface area contributed by atoms with Crippen molar-refractivity contribution in [3.8, 4) is 0 Å². The fourth-order valence-electron chi connectivity index (χ4n) is 1.60. The largest absolute Gasteiger partial charge is 0.594 e. The summed E-state index contributed by atoms with van der Waals surface area (Å²) < 4.78 is 0. The lowest BCUT2D eigenvalue weighted by molar-refractivity contribution is -0.435. The fourth-order valence-corrected chi connectivity index (χ4v) is 1.60. The van der Waals surface area contributed by atoms with Gasteiger partial charge in [-0.25, -0.2) is 0 Å². The Morgan fingerprint density at radius 2 is 1.53 bits per heavy atom. The first kappa shape index (κ1) is 12.9. The number of nitrogens with zero attached hydrogens (tertiary/aromatic N) is 2. The van der Waals surface area contributed by atoms with E-state index in [1.54, 1.807) is 30.3 Å². The summed E-state index contributed by atoms with van der Waals surface area (Å²) in [5.41, 5.74) is 15.5. The van der Waals surface area contributed by atoms with Gasteiger partial charge in [-0.2, -0.15) is 0 Å². The molecular weight excluding hydrogens is 240 g/mol. The smallest absolute Gasteiger partial charge is 0.246 e. The number of benzene rings is 2. The molecule has 0 aliphatic heterocycles. The number of aryl methyl sites for hydroxylation is 2.